The summed E-state index contributed by atoms with van der Waals surface area (Å²) in [4.78, 5) is 25.5. The van der Waals surface area contributed by atoms with E-state index in [1.807, 2.05) is 0 Å². The molecule has 1 aliphatic heterocycles. The predicted molar refractivity (Wildman–Crippen MR) is 92.8 cm³/mol. The van der Waals surface area contributed by atoms with Crippen molar-refractivity contribution in [1.82, 2.24) is 19.5 Å². The highest BCUT2D eigenvalue weighted by Crippen LogP contribution is 2.38. The number of rotatable bonds is 5. The van der Waals surface area contributed by atoms with Gasteiger partial charge in [0.2, 0.25) is 0 Å². The van der Waals surface area contributed by atoms with Crippen molar-refractivity contribution in [3.05, 3.63) is 12.7 Å². The van der Waals surface area contributed by atoms with E-state index in [-0.39, 0.29) is 6.61 Å². The van der Waals surface area contributed by atoms with Crippen molar-refractivity contribution >= 4 is 40.7 Å². The molecule has 1 saturated heterocycles. The van der Waals surface area contributed by atoms with E-state index >= 15 is 0 Å². The van der Waals surface area contributed by atoms with Gasteiger partial charge in [0.15, 0.2) is 11.2 Å². The van der Waals surface area contributed by atoms with Crippen molar-refractivity contribution in [2.45, 2.75) is 23.6 Å². The highest BCUT2D eigenvalue weighted by atomic mass is 32.2. The molecule has 0 bridgehead atoms. The Hall–Kier alpha value is -1.76. The van der Waals surface area contributed by atoms with Crippen molar-refractivity contribution in [3.63, 3.8) is 0 Å². The average Bonchev–Trinajstić information content (AvgIpc) is 3.17. The van der Waals surface area contributed by atoms with Gasteiger partial charge in [0, 0.05) is 11.5 Å². The molecular formula is C15H16N4O3S2. The number of carbonyl (C=O) groups excluding carboxylic acids is 1. The summed E-state index contributed by atoms with van der Waals surface area (Å²) in [5, 5.41) is 11.2. The molecule has 7 nitrogen and oxygen atoms in total. The number of carbonyl (C=O) groups is 1. The zero-order valence-electron chi connectivity index (χ0n) is 13.0. The summed E-state index contributed by atoms with van der Waals surface area (Å²) in [7, 11) is 0. The van der Waals surface area contributed by atoms with Gasteiger partial charge in [-0.1, -0.05) is 17.7 Å². The molecule has 1 N–H and O–H groups in total. The largest absolute Gasteiger partial charge is 0.464 e. The summed E-state index contributed by atoms with van der Waals surface area (Å²) in [5.41, 5.74) is -0.178. The fourth-order valence-corrected chi connectivity index (χ4v) is 4.66. The van der Waals surface area contributed by atoms with Crippen LogP contribution in [0.1, 0.15) is 6.92 Å². The van der Waals surface area contributed by atoms with E-state index < -0.39 is 17.6 Å². The first-order chi connectivity index (χ1) is 11.6. The van der Waals surface area contributed by atoms with Crippen LogP contribution in [-0.2, 0) is 15.1 Å². The zero-order valence-corrected chi connectivity index (χ0v) is 14.6. The minimum absolute atomic E-state index is 0.239. The third-order valence-corrected chi connectivity index (χ3v) is 5.88. The second-order valence-corrected chi connectivity index (χ2v) is 7.13. The number of hydrogen-bond donors (Lipinski definition) is 1. The maximum Gasteiger partial charge on any atom is 0.336 e. The molecule has 1 aliphatic rings. The third-order valence-electron chi connectivity index (χ3n) is 3.80. The van der Waals surface area contributed by atoms with Crippen molar-refractivity contribution in [3.8, 4) is 12.3 Å². The van der Waals surface area contributed by atoms with Crippen LogP contribution in [0.15, 0.2) is 17.7 Å². The summed E-state index contributed by atoms with van der Waals surface area (Å²) in [6.07, 6.45) is 7.35. The first kappa shape index (κ1) is 17.1. The third kappa shape index (κ3) is 2.64. The summed E-state index contributed by atoms with van der Waals surface area (Å²) in [6, 6.07) is 0. The Morgan fingerprint density at radius 1 is 1.62 bits per heavy atom. The van der Waals surface area contributed by atoms with Crippen LogP contribution in [0.4, 0.5) is 0 Å². The molecule has 0 saturated carbocycles. The number of fused-ring (bicyclic) bond motifs is 1. The van der Waals surface area contributed by atoms with Crippen LogP contribution in [0.2, 0.25) is 0 Å². The topological polar surface area (TPSA) is 90.1 Å². The predicted octanol–water partition coefficient (Wildman–Crippen LogP) is 0.918. The molecule has 2 aromatic heterocycles. The fraction of sp³-hybridized carbons (Fsp3) is 0.467. The molecule has 3 heterocycles. The molecular weight excluding hydrogens is 348 g/mol. The molecule has 0 amide bonds. The van der Waals surface area contributed by atoms with Gasteiger partial charge in [0.1, 0.15) is 16.9 Å². The van der Waals surface area contributed by atoms with E-state index in [1.165, 1.54) is 36.2 Å². The van der Waals surface area contributed by atoms with Gasteiger partial charge in [-0.2, -0.15) is 11.8 Å². The lowest BCUT2D eigenvalue weighted by Gasteiger charge is -2.30. The van der Waals surface area contributed by atoms with Crippen LogP contribution >= 0.6 is 23.5 Å². The number of aliphatic hydroxyl groups excluding tert-OH is 1. The van der Waals surface area contributed by atoms with Gasteiger partial charge in [-0.05, 0) is 6.92 Å². The van der Waals surface area contributed by atoms with Crippen LogP contribution in [0, 0.1) is 12.3 Å². The zero-order chi connectivity index (χ0) is 17.2. The Morgan fingerprint density at radius 3 is 3.12 bits per heavy atom. The van der Waals surface area contributed by atoms with E-state index in [1.54, 1.807) is 11.5 Å². The van der Waals surface area contributed by atoms with Gasteiger partial charge in [-0.15, -0.1) is 6.42 Å². The quantitative estimate of drug-likeness (QED) is 0.362. The van der Waals surface area contributed by atoms with Gasteiger partial charge < -0.3 is 9.84 Å². The van der Waals surface area contributed by atoms with Crippen LogP contribution in [0.25, 0.3) is 11.2 Å². The van der Waals surface area contributed by atoms with Gasteiger partial charge >= 0.3 is 5.97 Å². The summed E-state index contributed by atoms with van der Waals surface area (Å²) in [6.45, 7) is 1.98. The summed E-state index contributed by atoms with van der Waals surface area (Å²) in [5.74, 6) is 3.37. The number of aliphatic hydroxyl groups is 1. The molecule has 9 heteroatoms. The Bertz CT molecular complexity index is 804. The number of esters is 1. The van der Waals surface area contributed by atoms with Gasteiger partial charge in [-0.3, -0.25) is 4.57 Å². The molecule has 1 fully saturated rings. The number of hydrogen-bond acceptors (Lipinski definition) is 8. The lowest BCUT2D eigenvalue weighted by molar-refractivity contribution is -0.157. The molecule has 2 unspecified atom stereocenters. The molecule has 0 aromatic carbocycles. The Balaban J connectivity index is 2.13. The Labute approximate surface area is 147 Å². The molecule has 2 aromatic rings. The van der Waals surface area contributed by atoms with E-state index in [0.717, 1.165) is 0 Å². The summed E-state index contributed by atoms with van der Waals surface area (Å²) >= 11 is 2.87. The molecule has 126 valence electrons. The Kier molecular flexibility index (Phi) is 4.99. The number of thioether (sulfide) groups is 2. The molecule has 0 aliphatic carbocycles. The molecule has 0 radical (unpaired) electrons. The van der Waals surface area contributed by atoms with E-state index in [2.05, 4.69) is 20.9 Å². The number of terminal acetylenes is 1. The first-order valence-electron chi connectivity index (χ1n) is 7.33. The van der Waals surface area contributed by atoms with Crippen molar-refractivity contribution in [1.29, 1.82) is 0 Å². The highest BCUT2D eigenvalue weighted by Gasteiger charge is 2.53. The number of ether oxygens (including phenoxy) is 1. The standard InChI is InChI=1S/C15H16N4O3S2/c1-3-5-24-13-11-12(16-8-17-13)19(9-18-11)15(14(21)22-4-2)7-23-6-10(15)20/h1,8-10,20H,4-7H2,2H3. The maximum atomic E-state index is 12.7. The van der Waals surface area contributed by atoms with E-state index in [4.69, 9.17) is 11.2 Å². The summed E-state index contributed by atoms with van der Waals surface area (Å²) < 4.78 is 6.85. The van der Waals surface area contributed by atoms with Crippen molar-refractivity contribution in [2.75, 3.05) is 23.9 Å². The second-order valence-electron chi connectivity index (χ2n) is 5.13. The average molecular weight is 364 g/mol. The van der Waals surface area contributed by atoms with Crippen LogP contribution in [0.5, 0.6) is 0 Å². The van der Waals surface area contributed by atoms with E-state index in [0.29, 0.717) is 33.4 Å². The monoisotopic (exact) mass is 364 g/mol. The molecule has 3 rings (SSSR count). The first-order valence-corrected chi connectivity index (χ1v) is 9.47. The molecule has 0 spiro atoms. The van der Waals surface area contributed by atoms with Gasteiger partial charge in [-0.25, -0.2) is 19.7 Å². The lowest BCUT2D eigenvalue weighted by atomic mass is 9.95. The van der Waals surface area contributed by atoms with Crippen molar-refractivity contribution in [2.24, 2.45) is 0 Å². The number of aromatic nitrogens is 4. The van der Waals surface area contributed by atoms with E-state index in [9.17, 15) is 9.90 Å². The van der Waals surface area contributed by atoms with Crippen LogP contribution < -0.4 is 0 Å². The van der Waals surface area contributed by atoms with Crippen molar-refractivity contribution < 1.29 is 14.6 Å². The van der Waals surface area contributed by atoms with Crippen LogP contribution in [0.3, 0.4) is 0 Å². The number of nitrogens with zero attached hydrogens (tertiary/aromatic N) is 4. The smallest absolute Gasteiger partial charge is 0.336 e. The molecule has 2 atom stereocenters. The Morgan fingerprint density at radius 2 is 2.46 bits per heavy atom. The second kappa shape index (κ2) is 7.01. The lowest BCUT2D eigenvalue weighted by Crippen LogP contribution is -2.51. The number of imidazole rings is 1. The normalized spacial score (nSPS) is 23.3. The van der Waals surface area contributed by atoms with Gasteiger partial charge in [0.25, 0.3) is 0 Å². The minimum Gasteiger partial charge on any atom is -0.464 e. The fourth-order valence-electron chi connectivity index (χ4n) is 2.66. The maximum absolute atomic E-state index is 12.7. The minimum atomic E-state index is -1.22. The SMILES string of the molecule is C#CCSc1ncnc2c1ncn2C1(C(=O)OCC)CSCC1O. The highest BCUT2D eigenvalue weighted by molar-refractivity contribution is 7.99. The molecule has 24 heavy (non-hydrogen) atoms. The van der Waals surface area contributed by atoms with Crippen LogP contribution in [-0.4, -0.2) is 60.6 Å². The van der Waals surface area contributed by atoms with Gasteiger partial charge in [0.05, 0.1) is 24.8 Å².